The molecule has 1 N–H and O–H groups in total. The molecule has 3 rings (SSSR count). The van der Waals surface area contributed by atoms with E-state index in [1.54, 1.807) is 6.07 Å². The number of carboxylic acid groups (broad SMARTS) is 1. The SMILES string of the molecule is Cl.O=C(O)c1cnc2c(c1)C=CC1SCN21. The Labute approximate surface area is 103 Å². The number of halogens is 1. The summed E-state index contributed by atoms with van der Waals surface area (Å²) in [5.74, 6) is 0.895. The van der Waals surface area contributed by atoms with E-state index in [9.17, 15) is 4.79 Å². The quantitative estimate of drug-likeness (QED) is 0.834. The summed E-state index contributed by atoms with van der Waals surface area (Å²) in [5, 5.41) is 9.23. The molecule has 2 aliphatic heterocycles. The average Bonchev–Trinajstić information content (AvgIpc) is 2.17. The first-order valence-corrected chi connectivity index (χ1v) is 5.60. The first-order chi connectivity index (χ1) is 7.25. The van der Waals surface area contributed by atoms with Crippen LogP contribution in [0.3, 0.4) is 0 Å². The van der Waals surface area contributed by atoms with Gasteiger partial charge in [0.15, 0.2) is 0 Å². The van der Waals surface area contributed by atoms with Crippen LogP contribution in [0.5, 0.6) is 0 Å². The van der Waals surface area contributed by atoms with Gasteiger partial charge in [-0.25, -0.2) is 9.78 Å². The molecule has 0 radical (unpaired) electrons. The molecule has 1 saturated heterocycles. The molecular formula is C10H9ClN2O2S. The van der Waals surface area contributed by atoms with Gasteiger partial charge < -0.3 is 10.0 Å². The number of nitrogens with zero attached hydrogens (tertiary/aromatic N) is 2. The third kappa shape index (κ3) is 1.56. The van der Waals surface area contributed by atoms with Gasteiger partial charge in [0.05, 0.1) is 16.8 Å². The number of pyridine rings is 1. The van der Waals surface area contributed by atoms with Crippen LogP contribution >= 0.6 is 24.2 Å². The standard InChI is InChI=1S/C10H8N2O2S.ClH/c13-10(14)7-3-6-1-2-8-12(5-15-8)9(6)11-4-7;/h1-4,8H,5H2,(H,13,14);1H. The summed E-state index contributed by atoms with van der Waals surface area (Å²) in [6.45, 7) is 0. The summed E-state index contributed by atoms with van der Waals surface area (Å²) >= 11 is 1.85. The maximum Gasteiger partial charge on any atom is 0.337 e. The second-order valence-electron chi connectivity index (χ2n) is 3.46. The Morgan fingerprint density at radius 1 is 1.62 bits per heavy atom. The number of fused-ring (bicyclic) bond motifs is 3. The van der Waals surface area contributed by atoms with E-state index in [1.807, 2.05) is 17.8 Å². The second-order valence-corrected chi connectivity index (χ2v) is 4.53. The van der Waals surface area contributed by atoms with E-state index in [1.165, 1.54) is 6.20 Å². The number of hydrogen-bond acceptors (Lipinski definition) is 4. The molecule has 2 aliphatic rings. The molecule has 1 aromatic heterocycles. The lowest BCUT2D eigenvalue weighted by Crippen LogP contribution is -2.43. The van der Waals surface area contributed by atoms with Gasteiger partial charge in [-0.3, -0.25) is 0 Å². The molecule has 1 unspecified atom stereocenters. The van der Waals surface area contributed by atoms with Crippen molar-refractivity contribution in [2.24, 2.45) is 0 Å². The van der Waals surface area contributed by atoms with Crippen molar-refractivity contribution in [2.75, 3.05) is 10.8 Å². The molecule has 0 saturated carbocycles. The van der Waals surface area contributed by atoms with E-state index in [2.05, 4.69) is 16.0 Å². The first kappa shape index (κ1) is 11.3. The third-order valence-electron chi connectivity index (χ3n) is 2.55. The maximum atomic E-state index is 10.8. The number of carbonyl (C=O) groups is 1. The Morgan fingerprint density at radius 2 is 2.44 bits per heavy atom. The molecule has 1 fully saturated rings. The van der Waals surface area contributed by atoms with E-state index in [0.717, 1.165) is 17.3 Å². The fraction of sp³-hybridized carbons (Fsp3) is 0.200. The molecule has 0 bridgehead atoms. The normalized spacial score (nSPS) is 20.2. The summed E-state index contributed by atoms with van der Waals surface area (Å²) in [5.41, 5.74) is 1.14. The van der Waals surface area contributed by atoms with Crippen molar-refractivity contribution in [3.63, 3.8) is 0 Å². The Morgan fingerprint density at radius 3 is 3.06 bits per heavy atom. The first-order valence-electron chi connectivity index (χ1n) is 4.55. The van der Waals surface area contributed by atoms with Crippen LogP contribution in [-0.2, 0) is 0 Å². The van der Waals surface area contributed by atoms with Crippen LogP contribution in [0.25, 0.3) is 6.08 Å². The van der Waals surface area contributed by atoms with E-state index < -0.39 is 5.97 Å². The summed E-state index contributed by atoms with van der Waals surface area (Å²) in [4.78, 5) is 17.1. The van der Waals surface area contributed by atoms with E-state index in [0.29, 0.717) is 5.37 Å². The van der Waals surface area contributed by atoms with Crippen LogP contribution in [0.1, 0.15) is 15.9 Å². The summed E-state index contributed by atoms with van der Waals surface area (Å²) < 4.78 is 0. The van der Waals surface area contributed by atoms with Crippen LogP contribution in [0.15, 0.2) is 18.3 Å². The van der Waals surface area contributed by atoms with Crippen molar-refractivity contribution >= 4 is 42.0 Å². The predicted octanol–water partition coefficient (Wildman–Crippen LogP) is 2.07. The highest BCUT2D eigenvalue weighted by Crippen LogP contribution is 2.39. The molecule has 1 aromatic rings. The Kier molecular flexibility index (Phi) is 2.82. The molecule has 16 heavy (non-hydrogen) atoms. The molecule has 0 aliphatic carbocycles. The average molecular weight is 257 g/mol. The highest BCUT2D eigenvalue weighted by molar-refractivity contribution is 8.01. The number of aromatic carboxylic acids is 1. The van der Waals surface area contributed by atoms with Gasteiger partial charge in [-0.05, 0) is 6.07 Å². The van der Waals surface area contributed by atoms with Gasteiger partial charge >= 0.3 is 5.97 Å². The predicted molar refractivity (Wildman–Crippen MR) is 66.2 cm³/mol. The highest BCUT2D eigenvalue weighted by atomic mass is 35.5. The van der Waals surface area contributed by atoms with Gasteiger partial charge in [0, 0.05) is 11.8 Å². The van der Waals surface area contributed by atoms with E-state index in [-0.39, 0.29) is 18.0 Å². The van der Waals surface area contributed by atoms with Crippen molar-refractivity contribution in [2.45, 2.75) is 5.37 Å². The minimum absolute atomic E-state index is 0. The monoisotopic (exact) mass is 256 g/mol. The van der Waals surface area contributed by atoms with Gasteiger partial charge in [-0.2, -0.15) is 0 Å². The lowest BCUT2D eigenvalue weighted by atomic mass is 10.1. The zero-order chi connectivity index (χ0) is 10.4. The molecule has 0 aromatic carbocycles. The van der Waals surface area contributed by atoms with E-state index in [4.69, 9.17) is 5.11 Å². The van der Waals surface area contributed by atoms with Gasteiger partial charge in [0.25, 0.3) is 0 Å². The smallest absolute Gasteiger partial charge is 0.337 e. The number of rotatable bonds is 1. The van der Waals surface area contributed by atoms with Gasteiger partial charge in [0.2, 0.25) is 0 Å². The van der Waals surface area contributed by atoms with Crippen molar-refractivity contribution < 1.29 is 9.90 Å². The Balaban J connectivity index is 0.000000963. The minimum Gasteiger partial charge on any atom is -0.478 e. The summed E-state index contributed by atoms with van der Waals surface area (Å²) in [6.07, 6.45) is 5.44. The lowest BCUT2D eigenvalue weighted by Gasteiger charge is -2.42. The van der Waals surface area contributed by atoms with Crippen LogP contribution in [0, 0.1) is 0 Å². The Hall–Kier alpha value is -1.20. The molecule has 3 heterocycles. The second kappa shape index (κ2) is 3.99. The fourth-order valence-electron chi connectivity index (χ4n) is 1.72. The van der Waals surface area contributed by atoms with Crippen molar-refractivity contribution in [1.82, 2.24) is 4.98 Å². The lowest BCUT2D eigenvalue weighted by molar-refractivity contribution is 0.0696. The molecular weight excluding hydrogens is 248 g/mol. The van der Waals surface area contributed by atoms with Crippen molar-refractivity contribution in [1.29, 1.82) is 0 Å². The number of anilines is 1. The highest BCUT2D eigenvalue weighted by Gasteiger charge is 2.32. The van der Waals surface area contributed by atoms with Crippen molar-refractivity contribution in [3.05, 3.63) is 29.5 Å². The fourth-order valence-corrected chi connectivity index (χ4v) is 2.60. The van der Waals surface area contributed by atoms with Crippen LogP contribution in [0.4, 0.5) is 5.82 Å². The van der Waals surface area contributed by atoms with Crippen LogP contribution < -0.4 is 4.90 Å². The number of carboxylic acids is 1. The number of thioether (sulfide) groups is 1. The largest absolute Gasteiger partial charge is 0.478 e. The minimum atomic E-state index is -0.932. The zero-order valence-electron chi connectivity index (χ0n) is 8.16. The third-order valence-corrected chi connectivity index (χ3v) is 3.73. The molecule has 0 amide bonds. The van der Waals surface area contributed by atoms with Gasteiger partial charge in [0.1, 0.15) is 5.82 Å². The van der Waals surface area contributed by atoms with E-state index >= 15 is 0 Å². The molecule has 1 atom stereocenters. The van der Waals surface area contributed by atoms with Crippen LogP contribution in [0.2, 0.25) is 0 Å². The maximum absolute atomic E-state index is 10.8. The van der Waals surface area contributed by atoms with Gasteiger partial charge in [-0.15, -0.1) is 24.2 Å². The molecule has 0 spiro atoms. The zero-order valence-corrected chi connectivity index (χ0v) is 9.79. The Bertz CT molecular complexity index is 478. The number of hydrogen-bond donors (Lipinski definition) is 1. The van der Waals surface area contributed by atoms with Gasteiger partial charge in [-0.1, -0.05) is 12.2 Å². The topological polar surface area (TPSA) is 53.4 Å². The number of aromatic nitrogens is 1. The molecule has 4 nitrogen and oxygen atoms in total. The molecule has 84 valence electrons. The van der Waals surface area contributed by atoms with Crippen molar-refractivity contribution in [3.8, 4) is 0 Å². The summed E-state index contributed by atoms with van der Waals surface area (Å²) in [6, 6.07) is 1.67. The van der Waals surface area contributed by atoms with Crippen LogP contribution in [-0.4, -0.2) is 27.3 Å². The summed E-state index contributed by atoms with van der Waals surface area (Å²) in [7, 11) is 0. The molecule has 6 heteroatoms.